The van der Waals surface area contributed by atoms with Crippen LogP contribution in [0.25, 0.3) is 0 Å². The second-order valence-corrected chi connectivity index (χ2v) is 12.0. The van der Waals surface area contributed by atoms with E-state index < -0.39 is 0 Å². The molecule has 2 heteroatoms. The molecule has 0 aromatic rings. The zero-order valence-electron chi connectivity index (χ0n) is 20.7. The van der Waals surface area contributed by atoms with Crippen LogP contribution in [0, 0.1) is 29.6 Å². The molecule has 2 heterocycles. The highest BCUT2D eigenvalue weighted by Crippen LogP contribution is 2.36. The molecule has 4 rings (SSSR count). The van der Waals surface area contributed by atoms with Crippen molar-refractivity contribution in [3.8, 4) is 0 Å². The Bertz CT molecular complexity index is 531. The predicted molar refractivity (Wildman–Crippen MR) is 130 cm³/mol. The predicted octanol–water partition coefficient (Wildman–Crippen LogP) is 8.10. The number of rotatable bonds is 8. The van der Waals surface area contributed by atoms with Crippen LogP contribution >= 0.6 is 0 Å². The van der Waals surface area contributed by atoms with E-state index in [1.807, 2.05) is 0 Å². The average Bonchev–Trinajstić information content (AvgIpc) is 2.80. The fourth-order valence-corrected chi connectivity index (χ4v) is 6.75. The van der Waals surface area contributed by atoms with Crippen LogP contribution in [-0.4, -0.2) is 25.4 Å². The zero-order chi connectivity index (χ0) is 21.5. The Morgan fingerprint density at radius 2 is 1.29 bits per heavy atom. The van der Waals surface area contributed by atoms with Gasteiger partial charge in [-0.15, -0.1) is 0 Å². The fourth-order valence-electron chi connectivity index (χ4n) is 6.75. The standard InChI is InChI=1S/C29H50O2/c1-22-3-7-24(8-4-22)11-12-26-13-15-28(30-20-26)17-18-29-16-14-27(21-31-29)19-25-9-5-23(2)6-10-25/h3,23-29H,4-21H2,1-2H3. The monoisotopic (exact) mass is 430 g/mol. The lowest BCUT2D eigenvalue weighted by molar-refractivity contribution is -0.0536. The SMILES string of the molecule is CC1=CCC(CCC2CCC(CCC3CCC(CC4CCC(C)CC4)CO3)OC2)CC1. The second-order valence-electron chi connectivity index (χ2n) is 12.0. The minimum Gasteiger partial charge on any atom is -0.378 e. The number of ether oxygens (including phenoxy) is 2. The maximum Gasteiger partial charge on any atom is 0.0576 e. The number of allylic oxidation sites excluding steroid dienone is 2. The molecule has 1 saturated carbocycles. The minimum absolute atomic E-state index is 0.502. The van der Waals surface area contributed by atoms with Crippen LogP contribution in [0.2, 0.25) is 0 Å². The lowest BCUT2D eigenvalue weighted by Crippen LogP contribution is -2.31. The second kappa shape index (κ2) is 12.2. The molecule has 0 radical (unpaired) electrons. The van der Waals surface area contributed by atoms with Gasteiger partial charge in [-0.3, -0.25) is 0 Å². The van der Waals surface area contributed by atoms with Gasteiger partial charge in [0.15, 0.2) is 0 Å². The summed E-state index contributed by atoms with van der Waals surface area (Å²) in [5, 5.41) is 0. The van der Waals surface area contributed by atoms with Crippen LogP contribution in [0.1, 0.15) is 117 Å². The van der Waals surface area contributed by atoms with Crippen molar-refractivity contribution in [1.29, 1.82) is 0 Å². The summed E-state index contributed by atoms with van der Waals surface area (Å²) in [5.41, 5.74) is 1.61. The molecule has 0 amide bonds. The van der Waals surface area contributed by atoms with E-state index in [1.54, 1.807) is 5.57 Å². The van der Waals surface area contributed by atoms with Crippen LogP contribution in [0.15, 0.2) is 11.6 Å². The van der Waals surface area contributed by atoms with Crippen LogP contribution in [0.5, 0.6) is 0 Å². The van der Waals surface area contributed by atoms with Crippen molar-refractivity contribution in [2.24, 2.45) is 29.6 Å². The summed E-state index contributed by atoms with van der Waals surface area (Å²) in [4.78, 5) is 0. The summed E-state index contributed by atoms with van der Waals surface area (Å²) in [6.45, 7) is 6.76. The first-order valence-corrected chi connectivity index (χ1v) is 14.0. The Morgan fingerprint density at radius 1 is 0.677 bits per heavy atom. The van der Waals surface area contributed by atoms with Gasteiger partial charge in [-0.25, -0.2) is 0 Å². The highest BCUT2D eigenvalue weighted by Gasteiger charge is 2.28. The van der Waals surface area contributed by atoms with E-state index in [4.69, 9.17) is 9.47 Å². The summed E-state index contributed by atoms with van der Waals surface area (Å²) in [6, 6.07) is 0. The van der Waals surface area contributed by atoms with E-state index in [-0.39, 0.29) is 0 Å². The van der Waals surface area contributed by atoms with Crippen LogP contribution in [0.3, 0.4) is 0 Å². The van der Waals surface area contributed by atoms with Gasteiger partial charge >= 0.3 is 0 Å². The van der Waals surface area contributed by atoms with Gasteiger partial charge in [0.05, 0.1) is 12.2 Å². The van der Waals surface area contributed by atoms with Crippen molar-refractivity contribution in [3.05, 3.63) is 11.6 Å². The van der Waals surface area contributed by atoms with Gasteiger partial charge < -0.3 is 9.47 Å². The average molecular weight is 431 g/mol. The maximum atomic E-state index is 6.32. The quantitative estimate of drug-likeness (QED) is 0.362. The van der Waals surface area contributed by atoms with Gasteiger partial charge in [-0.2, -0.15) is 0 Å². The van der Waals surface area contributed by atoms with Gasteiger partial charge in [0.2, 0.25) is 0 Å². The van der Waals surface area contributed by atoms with E-state index in [0.29, 0.717) is 12.2 Å². The lowest BCUT2D eigenvalue weighted by atomic mass is 9.77. The van der Waals surface area contributed by atoms with E-state index in [1.165, 1.54) is 103 Å². The molecule has 0 spiro atoms. The van der Waals surface area contributed by atoms with Gasteiger partial charge in [0, 0.05) is 13.2 Å². The highest BCUT2D eigenvalue weighted by molar-refractivity contribution is 5.02. The molecule has 3 fully saturated rings. The van der Waals surface area contributed by atoms with E-state index in [2.05, 4.69) is 19.9 Å². The van der Waals surface area contributed by atoms with Crippen molar-refractivity contribution in [2.45, 2.75) is 129 Å². The summed E-state index contributed by atoms with van der Waals surface area (Å²) in [6.07, 6.45) is 25.5. The molecule has 4 aliphatic rings. The zero-order valence-corrected chi connectivity index (χ0v) is 20.7. The molecule has 5 atom stereocenters. The third-order valence-corrected chi connectivity index (χ3v) is 9.27. The normalized spacial score (nSPS) is 39.8. The molecule has 5 unspecified atom stereocenters. The Labute approximate surface area is 192 Å². The molecule has 0 aromatic carbocycles. The fraction of sp³-hybridized carbons (Fsp3) is 0.931. The van der Waals surface area contributed by atoms with Gasteiger partial charge in [-0.1, -0.05) is 44.3 Å². The summed E-state index contributed by atoms with van der Waals surface area (Å²) >= 11 is 0. The van der Waals surface area contributed by atoms with Crippen LogP contribution < -0.4 is 0 Å². The molecule has 0 aromatic heterocycles. The minimum atomic E-state index is 0.502. The lowest BCUT2D eigenvalue weighted by Gasteiger charge is -2.35. The first-order valence-electron chi connectivity index (χ1n) is 14.0. The summed E-state index contributed by atoms with van der Waals surface area (Å²) < 4.78 is 12.6. The summed E-state index contributed by atoms with van der Waals surface area (Å²) in [7, 11) is 0. The van der Waals surface area contributed by atoms with Crippen molar-refractivity contribution < 1.29 is 9.47 Å². The molecule has 2 nitrogen and oxygen atoms in total. The highest BCUT2D eigenvalue weighted by atomic mass is 16.5. The smallest absolute Gasteiger partial charge is 0.0576 e. The largest absolute Gasteiger partial charge is 0.378 e. The molecule has 2 aliphatic heterocycles. The molecular weight excluding hydrogens is 380 g/mol. The molecule has 31 heavy (non-hydrogen) atoms. The number of hydrogen-bond donors (Lipinski definition) is 0. The first kappa shape index (κ1) is 23.8. The van der Waals surface area contributed by atoms with E-state index in [9.17, 15) is 0 Å². The first-order chi connectivity index (χ1) is 15.1. The third-order valence-electron chi connectivity index (χ3n) is 9.27. The van der Waals surface area contributed by atoms with Gasteiger partial charge in [0.1, 0.15) is 0 Å². The topological polar surface area (TPSA) is 18.5 Å². The van der Waals surface area contributed by atoms with Crippen LogP contribution in [-0.2, 0) is 9.47 Å². The Kier molecular flexibility index (Phi) is 9.38. The van der Waals surface area contributed by atoms with Crippen molar-refractivity contribution in [2.75, 3.05) is 13.2 Å². The molecule has 2 saturated heterocycles. The molecule has 0 N–H and O–H groups in total. The van der Waals surface area contributed by atoms with Crippen molar-refractivity contribution >= 4 is 0 Å². The molecular formula is C29H50O2. The molecule has 0 bridgehead atoms. The summed E-state index contributed by atoms with van der Waals surface area (Å²) in [5.74, 6) is 4.56. The van der Waals surface area contributed by atoms with Gasteiger partial charge in [0.25, 0.3) is 0 Å². The van der Waals surface area contributed by atoms with E-state index >= 15 is 0 Å². The maximum absolute atomic E-state index is 6.32. The van der Waals surface area contributed by atoms with Crippen LogP contribution in [0.4, 0.5) is 0 Å². The van der Waals surface area contributed by atoms with Gasteiger partial charge in [-0.05, 0) is 114 Å². The molecule has 178 valence electrons. The third kappa shape index (κ3) is 7.88. The number of hydrogen-bond acceptors (Lipinski definition) is 2. The molecule has 2 aliphatic carbocycles. The van der Waals surface area contributed by atoms with Crippen molar-refractivity contribution in [1.82, 2.24) is 0 Å². The van der Waals surface area contributed by atoms with E-state index in [0.717, 1.165) is 42.8 Å². The Morgan fingerprint density at radius 3 is 1.87 bits per heavy atom. The Hall–Kier alpha value is -0.340. The van der Waals surface area contributed by atoms with Crippen molar-refractivity contribution in [3.63, 3.8) is 0 Å². The Balaban J connectivity index is 1.04.